The molecule has 0 aromatic heterocycles. The highest BCUT2D eigenvalue weighted by Crippen LogP contribution is 2.63. The van der Waals surface area contributed by atoms with Crippen LogP contribution < -0.4 is 0 Å². The fourth-order valence-electron chi connectivity index (χ4n) is 6.40. The Kier molecular flexibility index (Phi) is 3.71. The minimum atomic E-state index is -0.0955. The Morgan fingerprint density at radius 2 is 2.04 bits per heavy atom. The van der Waals surface area contributed by atoms with Crippen LogP contribution in [0.5, 0.6) is 0 Å². The van der Waals surface area contributed by atoms with Gasteiger partial charge in [-0.15, -0.1) is 6.58 Å². The predicted molar refractivity (Wildman–Crippen MR) is 95.4 cm³/mol. The monoisotopic (exact) mass is 324 g/mol. The summed E-state index contributed by atoms with van der Waals surface area (Å²) >= 11 is 0. The first-order chi connectivity index (χ1) is 11.5. The predicted octanol–water partition coefficient (Wildman–Crippen LogP) is 4.81. The molecule has 4 rings (SSSR count). The third-order valence-corrected chi connectivity index (χ3v) is 7.76. The lowest BCUT2D eigenvalue weighted by Crippen LogP contribution is -2.50. The Bertz CT molecular complexity index is 655. The lowest BCUT2D eigenvalue weighted by atomic mass is 9.48. The zero-order valence-electron chi connectivity index (χ0n) is 14.7. The van der Waals surface area contributed by atoms with E-state index in [2.05, 4.69) is 25.7 Å². The first-order valence-electron chi connectivity index (χ1n) is 9.59. The maximum absolute atomic E-state index is 12.8. The number of carbonyl (C=O) groups is 2. The third kappa shape index (κ3) is 2.08. The summed E-state index contributed by atoms with van der Waals surface area (Å²) in [7, 11) is 0. The van der Waals surface area contributed by atoms with Crippen molar-refractivity contribution in [2.24, 2.45) is 28.6 Å². The molecule has 0 bridgehead atoms. The summed E-state index contributed by atoms with van der Waals surface area (Å²) in [6, 6.07) is 0. The fourth-order valence-corrected chi connectivity index (χ4v) is 6.40. The average Bonchev–Trinajstić information content (AvgIpc) is 2.91. The summed E-state index contributed by atoms with van der Waals surface area (Å²) in [4.78, 5) is 24.7. The molecule has 2 saturated carbocycles. The Morgan fingerprint density at radius 3 is 2.83 bits per heavy atom. The quantitative estimate of drug-likeness (QED) is 0.698. The van der Waals surface area contributed by atoms with Gasteiger partial charge in [-0.05, 0) is 73.3 Å². The minimum Gasteiger partial charge on any atom is -0.299 e. The summed E-state index contributed by atoms with van der Waals surface area (Å²) in [6.45, 7) is 6.23. The molecule has 0 N–H and O–H groups in total. The van der Waals surface area contributed by atoms with Gasteiger partial charge in [0.15, 0.2) is 5.78 Å². The van der Waals surface area contributed by atoms with Gasteiger partial charge in [0.25, 0.3) is 0 Å². The van der Waals surface area contributed by atoms with Crippen LogP contribution in [0.3, 0.4) is 0 Å². The van der Waals surface area contributed by atoms with Crippen LogP contribution in [0.2, 0.25) is 0 Å². The van der Waals surface area contributed by atoms with E-state index in [1.165, 1.54) is 5.57 Å². The summed E-state index contributed by atoms with van der Waals surface area (Å²) in [6.07, 6.45) is 16.0. The molecule has 0 aromatic carbocycles. The number of hydrogen-bond donors (Lipinski definition) is 0. The molecule has 2 fully saturated rings. The molecular formula is C22H28O2. The lowest BCUT2D eigenvalue weighted by Gasteiger charge is -2.55. The van der Waals surface area contributed by atoms with Gasteiger partial charge in [-0.3, -0.25) is 9.59 Å². The SMILES string of the molecule is C=CCC[C@]12CC[C@H]3[C@@H](C=CC4=CC(=O)CC[C@@]43C)[C@@H]1CCC2=O. The summed E-state index contributed by atoms with van der Waals surface area (Å²) in [5.41, 5.74) is 1.27. The van der Waals surface area contributed by atoms with Gasteiger partial charge >= 0.3 is 0 Å². The van der Waals surface area contributed by atoms with E-state index in [0.29, 0.717) is 30.0 Å². The molecule has 24 heavy (non-hydrogen) atoms. The van der Waals surface area contributed by atoms with Crippen LogP contribution in [-0.4, -0.2) is 11.6 Å². The van der Waals surface area contributed by atoms with Gasteiger partial charge in [-0.2, -0.15) is 0 Å². The fraction of sp³-hybridized carbons (Fsp3) is 0.636. The van der Waals surface area contributed by atoms with Gasteiger partial charge in [-0.1, -0.05) is 25.2 Å². The zero-order chi connectivity index (χ0) is 16.9. The maximum Gasteiger partial charge on any atom is 0.156 e. The molecule has 0 radical (unpaired) electrons. The third-order valence-electron chi connectivity index (χ3n) is 7.76. The van der Waals surface area contributed by atoms with Crippen LogP contribution in [-0.2, 0) is 9.59 Å². The molecule has 0 aromatic rings. The number of fused-ring (bicyclic) bond motifs is 5. The molecule has 0 saturated heterocycles. The first kappa shape index (κ1) is 16.1. The van der Waals surface area contributed by atoms with Crippen LogP contribution in [0.15, 0.2) is 36.5 Å². The highest BCUT2D eigenvalue weighted by atomic mass is 16.1. The highest BCUT2D eigenvalue weighted by molar-refractivity contribution is 5.92. The number of rotatable bonds is 3. The van der Waals surface area contributed by atoms with Crippen molar-refractivity contribution in [2.75, 3.05) is 0 Å². The molecule has 128 valence electrons. The van der Waals surface area contributed by atoms with Crippen molar-refractivity contribution in [1.29, 1.82) is 0 Å². The number of Topliss-reactive ketones (excluding diaryl/α,β-unsaturated/α-hetero) is 1. The van der Waals surface area contributed by atoms with Crippen molar-refractivity contribution in [3.8, 4) is 0 Å². The minimum absolute atomic E-state index is 0.0955. The lowest BCUT2D eigenvalue weighted by molar-refractivity contribution is -0.132. The van der Waals surface area contributed by atoms with Gasteiger partial charge < -0.3 is 0 Å². The van der Waals surface area contributed by atoms with Crippen LogP contribution >= 0.6 is 0 Å². The molecule has 2 nitrogen and oxygen atoms in total. The Balaban J connectivity index is 1.72. The second-order valence-electron chi connectivity index (χ2n) is 8.62. The van der Waals surface area contributed by atoms with E-state index < -0.39 is 0 Å². The van der Waals surface area contributed by atoms with Gasteiger partial charge in [0, 0.05) is 18.3 Å². The molecule has 2 heteroatoms. The number of carbonyl (C=O) groups excluding carboxylic acids is 2. The highest BCUT2D eigenvalue weighted by Gasteiger charge is 2.59. The van der Waals surface area contributed by atoms with Crippen molar-refractivity contribution in [3.05, 3.63) is 36.5 Å². The standard InChI is InChI=1S/C22H28O2/c1-3-4-11-22-13-10-18-17(19(22)7-8-20(22)24)6-5-15-14-16(23)9-12-21(15,18)2/h3,5-6,14,17-19H,1,4,7-13H2,2H3/t17-,18+,19+,21+,22+/m1/s1. The Hall–Kier alpha value is -1.44. The van der Waals surface area contributed by atoms with Gasteiger partial charge in [0.05, 0.1) is 0 Å². The largest absolute Gasteiger partial charge is 0.299 e. The summed E-state index contributed by atoms with van der Waals surface area (Å²) in [5.74, 6) is 2.38. The van der Waals surface area contributed by atoms with Gasteiger partial charge in [0.1, 0.15) is 5.78 Å². The number of allylic oxidation sites excluding steroid dienone is 5. The Morgan fingerprint density at radius 1 is 1.21 bits per heavy atom. The molecule has 4 aliphatic carbocycles. The van der Waals surface area contributed by atoms with Crippen molar-refractivity contribution in [2.45, 2.75) is 58.3 Å². The molecule has 0 unspecified atom stereocenters. The van der Waals surface area contributed by atoms with E-state index in [1.807, 2.05) is 12.2 Å². The topological polar surface area (TPSA) is 34.1 Å². The number of hydrogen-bond acceptors (Lipinski definition) is 2. The summed E-state index contributed by atoms with van der Waals surface area (Å²) in [5, 5.41) is 0. The van der Waals surface area contributed by atoms with Crippen molar-refractivity contribution >= 4 is 11.6 Å². The van der Waals surface area contributed by atoms with Crippen molar-refractivity contribution < 1.29 is 9.59 Å². The molecule has 5 atom stereocenters. The molecule has 0 spiro atoms. The molecule has 0 heterocycles. The van der Waals surface area contributed by atoms with E-state index >= 15 is 0 Å². The van der Waals surface area contributed by atoms with E-state index in [-0.39, 0.29) is 16.6 Å². The van der Waals surface area contributed by atoms with Crippen LogP contribution in [0.25, 0.3) is 0 Å². The maximum atomic E-state index is 12.8. The normalized spacial score (nSPS) is 43.7. The Labute approximate surface area is 145 Å². The average molecular weight is 324 g/mol. The first-order valence-corrected chi connectivity index (χ1v) is 9.59. The van der Waals surface area contributed by atoms with E-state index in [4.69, 9.17) is 0 Å². The molecular weight excluding hydrogens is 296 g/mol. The smallest absolute Gasteiger partial charge is 0.156 e. The second kappa shape index (κ2) is 5.54. The van der Waals surface area contributed by atoms with E-state index in [9.17, 15) is 9.59 Å². The summed E-state index contributed by atoms with van der Waals surface area (Å²) < 4.78 is 0. The van der Waals surface area contributed by atoms with E-state index in [0.717, 1.165) is 44.9 Å². The van der Waals surface area contributed by atoms with Crippen molar-refractivity contribution in [3.63, 3.8) is 0 Å². The second-order valence-corrected chi connectivity index (χ2v) is 8.62. The van der Waals surface area contributed by atoms with E-state index in [1.54, 1.807) is 0 Å². The zero-order valence-corrected chi connectivity index (χ0v) is 14.7. The van der Waals surface area contributed by atoms with Crippen LogP contribution in [0.4, 0.5) is 0 Å². The number of ketones is 2. The molecule has 0 amide bonds. The molecule has 4 aliphatic rings. The van der Waals surface area contributed by atoms with Gasteiger partial charge in [0.2, 0.25) is 0 Å². The molecule has 0 aliphatic heterocycles. The van der Waals surface area contributed by atoms with Crippen LogP contribution in [0, 0.1) is 28.6 Å². The van der Waals surface area contributed by atoms with Crippen molar-refractivity contribution in [1.82, 2.24) is 0 Å². The van der Waals surface area contributed by atoms with Gasteiger partial charge in [-0.25, -0.2) is 0 Å². The van der Waals surface area contributed by atoms with Crippen LogP contribution in [0.1, 0.15) is 58.3 Å².